The van der Waals surface area contributed by atoms with Crippen molar-refractivity contribution < 1.29 is 4.79 Å². The first-order valence-corrected chi connectivity index (χ1v) is 9.52. The lowest BCUT2D eigenvalue weighted by Crippen LogP contribution is -2.25. The first-order valence-electron chi connectivity index (χ1n) is 9.52. The van der Waals surface area contributed by atoms with Gasteiger partial charge in [0.05, 0.1) is 0 Å². The van der Waals surface area contributed by atoms with E-state index in [2.05, 4.69) is 30.4 Å². The molecule has 4 heterocycles. The molecule has 0 atom stereocenters. The molecule has 5 rings (SSSR count). The van der Waals surface area contributed by atoms with Gasteiger partial charge in [0.25, 0.3) is 5.91 Å². The molecule has 3 aromatic rings. The first kappa shape index (κ1) is 16.3. The highest BCUT2D eigenvalue weighted by atomic mass is 16.1. The number of H-pyrrole nitrogens is 1. The molecule has 2 aliphatic rings. The normalized spacial score (nSPS) is 15.9. The summed E-state index contributed by atoms with van der Waals surface area (Å²) in [6.07, 6.45) is 6.40. The Morgan fingerprint density at radius 3 is 2.93 bits per heavy atom. The Morgan fingerprint density at radius 2 is 2.04 bits per heavy atom. The lowest BCUT2D eigenvalue weighted by Gasteiger charge is -2.16. The van der Waals surface area contributed by atoms with Gasteiger partial charge in [-0.25, -0.2) is 4.98 Å². The van der Waals surface area contributed by atoms with Crippen LogP contribution < -0.4 is 10.6 Å². The number of benzene rings is 1. The fourth-order valence-electron chi connectivity index (χ4n) is 3.97. The third kappa shape index (κ3) is 2.94. The monoisotopic (exact) mass is 362 g/mol. The Morgan fingerprint density at radius 1 is 1.15 bits per heavy atom. The van der Waals surface area contributed by atoms with Gasteiger partial charge in [0.1, 0.15) is 5.82 Å². The maximum atomic E-state index is 12.6. The molecule has 2 aromatic heterocycles. The summed E-state index contributed by atoms with van der Waals surface area (Å²) in [5.74, 6) is 0.831. The Balaban J connectivity index is 1.34. The number of rotatable bonds is 3. The van der Waals surface area contributed by atoms with E-state index < -0.39 is 0 Å². The molecule has 1 aromatic carbocycles. The van der Waals surface area contributed by atoms with Gasteiger partial charge in [-0.15, -0.1) is 0 Å². The number of carbonyl (C=O) groups is 1. The van der Waals surface area contributed by atoms with Crippen LogP contribution in [0.1, 0.15) is 40.3 Å². The highest BCUT2D eigenvalue weighted by Gasteiger charge is 2.21. The summed E-state index contributed by atoms with van der Waals surface area (Å²) in [5.41, 5.74) is 5.64. The summed E-state index contributed by atoms with van der Waals surface area (Å²) in [5, 5.41) is 13.4. The number of nitrogens with zero attached hydrogens (tertiary/aromatic N) is 3. The van der Waals surface area contributed by atoms with Crippen LogP contribution in [0.15, 0.2) is 30.5 Å². The van der Waals surface area contributed by atoms with Crippen LogP contribution in [0, 0.1) is 0 Å². The smallest absolute Gasteiger partial charge is 0.276 e. The molecule has 0 bridgehead atoms. The average Bonchev–Trinajstić information content (AvgIpc) is 3.33. The SMILES string of the molecule is O=C(Nc1ccc(-c2ncc3n2CCCC3)cc1)c1n[nH]c2c1CNCC2. The van der Waals surface area contributed by atoms with E-state index in [0.717, 1.165) is 54.3 Å². The van der Waals surface area contributed by atoms with Gasteiger partial charge in [-0.1, -0.05) is 0 Å². The van der Waals surface area contributed by atoms with Crippen LogP contribution in [-0.2, 0) is 25.9 Å². The van der Waals surface area contributed by atoms with Gasteiger partial charge >= 0.3 is 0 Å². The highest BCUT2D eigenvalue weighted by Crippen LogP contribution is 2.26. The van der Waals surface area contributed by atoms with Gasteiger partial charge in [0, 0.05) is 60.5 Å². The second-order valence-corrected chi connectivity index (χ2v) is 7.17. The zero-order valence-electron chi connectivity index (χ0n) is 15.1. The minimum absolute atomic E-state index is 0.179. The zero-order valence-corrected chi connectivity index (χ0v) is 15.1. The van der Waals surface area contributed by atoms with Crippen LogP contribution in [0.2, 0.25) is 0 Å². The predicted octanol–water partition coefficient (Wildman–Crippen LogP) is 2.51. The maximum Gasteiger partial charge on any atom is 0.276 e. The second-order valence-electron chi connectivity index (χ2n) is 7.17. The molecule has 27 heavy (non-hydrogen) atoms. The van der Waals surface area contributed by atoms with Crippen molar-refractivity contribution in [1.82, 2.24) is 25.1 Å². The third-order valence-corrected chi connectivity index (χ3v) is 5.43. The first-order chi connectivity index (χ1) is 13.3. The quantitative estimate of drug-likeness (QED) is 0.668. The fourth-order valence-corrected chi connectivity index (χ4v) is 3.97. The lowest BCUT2D eigenvalue weighted by molar-refractivity contribution is 0.102. The molecule has 0 fully saturated rings. The number of nitrogens with one attached hydrogen (secondary N) is 3. The van der Waals surface area contributed by atoms with E-state index in [9.17, 15) is 4.79 Å². The van der Waals surface area contributed by atoms with Crippen LogP contribution in [0.5, 0.6) is 0 Å². The molecule has 138 valence electrons. The Labute approximate surface area is 157 Å². The van der Waals surface area contributed by atoms with Crippen LogP contribution in [0.25, 0.3) is 11.4 Å². The summed E-state index contributed by atoms with van der Waals surface area (Å²) >= 11 is 0. The van der Waals surface area contributed by atoms with Crippen molar-refractivity contribution in [2.75, 3.05) is 11.9 Å². The fraction of sp³-hybridized carbons (Fsp3) is 0.350. The molecule has 7 heteroatoms. The number of anilines is 1. The van der Waals surface area contributed by atoms with Crippen LogP contribution in [0.4, 0.5) is 5.69 Å². The number of hydrogen-bond acceptors (Lipinski definition) is 4. The number of aromatic nitrogens is 4. The summed E-state index contributed by atoms with van der Waals surface area (Å²) < 4.78 is 2.31. The van der Waals surface area contributed by atoms with Crippen molar-refractivity contribution in [3.8, 4) is 11.4 Å². The average molecular weight is 362 g/mol. The van der Waals surface area contributed by atoms with Gasteiger partial charge in [0.2, 0.25) is 0 Å². The van der Waals surface area contributed by atoms with Crippen LogP contribution in [-0.4, -0.2) is 32.2 Å². The van der Waals surface area contributed by atoms with E-state index >= 15 is 0 Å². The summed E-state index contributed by atoms with van der Waals surface area (Å²) in [4.78, 5) is 17.2. The van der Waals surface area contributed by atoms with E-state index in [1.165, 1.54) is 18.5 Å². The number of imidazole rings is 1. The molecule has 0 saturated heterocycles. The number of carbonyl (C=O) groups excluding carboxylic acids is 1. The summed E-state index contributed by atoms with van der Waals surface area (Å²) in [6.45, 7) is 2.62. The molecule has 7 nitrogen and oxygen atoms in total. The van der Waals surface area contributed by atoms with E-state index in [1.807, 2.05) is 30.5 Å². The van der Waals surface area contributed by atoms with Crippen molar-refractivity contribution in [2.45, 2.75) is 38.8 Å². The number of fused-ring (bicyclic) bond motifs is 2. The van der Waals surface area contributed by atoms with E-state index in [4.69, 9.17) is 0 Å². The van der Waals surface area contributed by atoms with Gasteiger partial charge in [-0.2, -0.15) is 5.10 Å². The van der Waals surface area contributed by atoms with Crippen molar-refractivity contribution in [1.29, 1.82) is 0 Å². The van der Waals surface area contributed by atoms with Crippen molar-refractivity contribution in [2.24, 2.45) is 0 Å². The van der Waals surface area contributed by atoms with Crippen LogP contribution in [0.3, 0.4) is 0 Å². The minimum Gasteiger partial charge on any atom is -0.328 e. The molecule has 0 unspecified atom stereocenters. The standard InChI is InChI=1S/C20H22N6O/c27-20(18-16-12-21-9-8-17(16)24-25-18)23-14-6-4-13(5-7-14)19-22-11-15-3-1-2-10-26(15)19/h4-7,11,21H,1-3,8-10,12H2,(H,23,27)(H,24,25). The number of hydrogen-bond donors (Lipinski definition) is 3. The lowest BCUT2D eigenvalue weighted by atomic mass is 10.1. The van der Waals surface area contributed by atoms with E-state index in [1.54, 1.807) is 0 Å². The van der Waals surface area contributed by atoms with Gasteiger partial charge < -0.3 is 15.2 Å². The molecule has 0 spiro atoms. The topological polar surface area (TPSA) is 87.6 Å². The summed E-state index contributed by atoms with van der Waals surface area (Å²) in [7, 11) is 0. The number of amides is 1. The van der Waals surface area contributed by atoms with Crippen molar-refractivity contribution in [3.05, 3.63) is 53.1 Å². The predicted molar refractivity (Wildman–Crippen MR) is 103 cm³/mol. The largest absolute Gasteiger partial charge is 0.328 e. The molecule has 0 saturated carbocycles. The molecular weight excluding hydrogens is 340 g/mol. The molecule has 2 aliphatic heterocycles. The van der Waals surface area contributed by atoms with Crippen molar-refractivity contribution >= 4 is 11.6 Å². The molecule has 0 radical (unpaired) electrons. The Kier molecular flexibility index (Phi) is 4.01. The summed E-state index contributed by atoms with van der Waals surface area (Å²) in [6, 6.07) is 7.88. The van der Waals surface area contributed by atoms with Crippen molar-refractivity contribution in [3.63, 3.8) is 0 Å². The van der Waals surface area contributed by atoms with E-state index in [-0.39, 0.29) is 5.91 Å². The highest BCUT2D eigenvalue weighted by molar-refractivity contribution is 6.04. The second kappa shape index (κ2) is 6.66. The van der Waals surface area contributed by atoms with Gasteiger partial charge in [-0.05, 0) is 43.5 Å². The van der Waals surface area contributed by atoms with Gasteiger partial charge in [0.15, 0.2) is 5.69 Å². The molecular formula is C20H22N6O. The minimum atomic E-state index is -0.179. The van der Waals surface area contributed by atoms with Crippen LogP contribution >= 0.6 is 0 Å². The van der Waals surface area contributed by atoms with Gasteiger partial charge in [-0.3, -0.25) is 9.89 Å². The number of aromatic amines is 1. The maximum absolute atomic E-state index is 12.6. The molecule has 1 amide bonds. The zero-order chi connectivity index (χ0) is 18.2. The number of aryl methyl sites for hydroxylation is 1. The van der Waals surface area contributed by atoms with E-state index in [0.29, 0.717) is 12.2 Å². The molecule has 0 aliphatic carbocycles. The Hall–Kier alpha value is -2.93. The molecule has 3 N–H and O–H groups in total. The Bertz CT molecular complexity index is 985. The third-order valence-electron chi connectivity index (χ3n) is 5.43.